The Morgan fingerprint density at radius 1 is 1.50 bits per heavy atom. The summed E-state index contributed by atoms with van der Waals surface area (Å²) >= 11 is 0. The molecule has 1 aromatic heterocycles. The quantitative estimate of drug-likeness (QED) is 0.750. The molecule has 2 amide bonds. The zero-order chi connectivity index (χ0) is 13.9. The molecule has 18 heavy (non-hydrogen) atoms. The molecule has 1 heterocycles. The summed E-state index contributed by atoms with van der Waals surface area (Å²) < 4.78 is 5.25. The molecule has 3 N–H and O–H groups in total. The van der Waals surface area contributed by atoms with E-state index in [2.05, 4.69) is 15.6 Å². The third-order valence-electron chi connectivity index (χ3n) is 2.32. The summed E-state index contributed by atoms with van der Waals surface area (Å²) in [7, 11) is 0. The third kappa shape index (κ3) is 3.47. The Morgan fingerprint density at radius 2 is 2.11 bits per heavy atom. The standard InChI is InChI=1S/C11H17N3O4/c1-6-5-12-8(18-6)7(2)13-10(17)14-11(3,4)9(15)16/h5,7H,1-4H3,(H,15,16)(H2,13,14,17). The highest BCUT2D eigenvalue weighted by atomic mass is 16.4. The highest BCUT2D eigenvalue weighted by Crippen LogP contribution is 2.12. The molecule has 1 aromatic rings. The van der Waals surface area contributed by atoms with Gasteiger partial charge in [0.1, 0.15) is 17.3 Å². The number of aliphatic carboxylic acids is 1. The lowest BCUT2D eigenvalue weighted by Gasteiger charge is -2.22. The van der Waals surface area contributed by atoms with Crippen molar-refractivity contribution in [2.75, 3.05) is 0 Å². The van der Waals surface area contributed by atoms with Gasteiger partial charge in [-0.3, -0.25) is 0 Å². The summed E-state index contributed by atoms with van der Waals surface area (Å²) in [4.78, 5) is 26.4. The summed E-state index contributed by atoms with van der Waals surface area (Å²) in [6, 6.07) is -1.03. The molecule has 100 valence electrons. The molecule has 0 saturated heterocycles. The van der Waals surface area contributed by atoms with E-state index in [9.17, 15) is 9.59 Å². The van der Waals surface area contributed by atoms with Crippen LogP contribution in [0.5, 0.6) is 0 Å². The topological polar surface area (TPSA) is 104 Å². The van der Waals surface area contributed by atoms with Gasteiger partial charge in [0.05, 0.1) is 6.20 Å². The van der Waals surface area contributed by atoms with Gasteiger partial charge in [-0.25, -0.2) is 14.6 Å². The van der Waals surface area contributed by atoms with E-state index in [1.807, 2.05) is 0 Å². The minimum Gasteiger partial charge on any atom is -0.480 e. The van der Waals surface area contributed by atoms with E-state index >= 15 is 0 Å². The van der Waals surface area contributed by atoms with E-state index in [1.165, 1.54) is 13.8 Å². The van der Waals surface area contributed by atoms with Gasteiger partial charge in [-0.05, 0) is 27.7 Å². The summed E-state index contributed by atoms with van der Waals surface area (Å²) in [5, 5.41) is 13.8. The number of hydrogen-bond donors (Lipinski definition) is 3. The van der Waals surface area contributed by atoms with Crippen LogP contribution in [0.2, 0.25) is 0 Å². The predicted molar refractivity (Wildman–Crippen MR) is 63.0 cm³/mol. The van der Waals surface area contributed by atoms with Crippen molar-refractivity contribution in [2.24, 2.45) is 0 Å². The number of nitrogens with one attached hydrogen (secondary N) is 2. The lowest BCUT2D eigenvalue weighted by atomic mass is 10.1. The molecule has 0 fully saturated rings. The Balaban J connectivity index is 2.58. The number of aromatic nitrogens is 1. The fraction of sp³-hybridized carbons (Fsp3) is 0.545. The van der Waals surface area contributed by atoms with Crippen LogP contribution in [0.1, 0.15) is 38.5 Å². The second kappa shape index (κ2) is 5.07. The van der Waals surface area contributed by atoms with E-state index in [0.29, 0.717) is 11.7 Å². The first-order valence-electron chi connectivity index (χ1n) is 5.47. The number of carbonyl (C=O) groups excluding carboxylic acids is 1. The van der Waals surface area contributed by atoms with E-state index in [1.54, 1.807) is 20.0 Å². The van der Waals surface area contributed by atoms with Crippen molar-refractivity contribution < 1.29 is 19.1 Å². The lowest BCUT2D eigenvalue weighted by Crippen LogP contribution is -2.53. The highest BCUT2D eigenvalue weighted by molar-refractivity contribution is 5.85. The maximum Gasteiger partial charge on any atom is 0.328 e. The number of hydrogen-bond acceptors (Lipinski definition) is 4. The molecule has 0 aliphatic rings. The van der Waals surface area contributed by atoms with E-state index in [4.69, 9.17) is 9.52 Å². The molecule has 1 unspecified atom stereocenters. The number of carboxylic acid groups (broad SMARTS) is 1. The maximum atomic E-state index is 11.6. The number of carbonyl (C=O) groups is 2. The lowest BCUT2D eigenvalue weighted by molar-refractivity contribution is -0.142. The molecule has 0 aliphatic heterocycles. The maximum absolute atomic E-state index is 11.6. The van der Waals surface area contributed by atoms with Gasteiger partial charge in [0.15, 0.2) is 0 Å². The number of carboxylic acids is 1. The Bertz CT molecular complexity index is 453. The first-order valence-corrected chi connectivity index (χ1v) is 5.47. The number of oxazole rings is 1. The third-order valence-corrected chi connectivity index (χ3v) is 2.32. The molecule has 7 nitrogen and oxygen atoms in total. The molecule has 0 radical (unpaired) electrons. The van der Waals surface area contributed by atoms with Crippen molar-refractivity contribution >= 4 is 12.0 Å². The highest BCUT2D eigenvalue weighted by Gasteiger charge is 2.29. The van der Waals surface area contributed by atoms with Crippen molar-refractivity contribution in [3.8, 4) is 0 Å². The molecular formula is C11H17N3O4. The second-order valence-electron chi connectivity index (χ2n) is 4.56. The number of urea groups is 1. The van der Waals surface area contributed by atoms with Crippen LogP contribution in [-0.4, -0.2) is 27.6 Å². The summed E-state index contributed by atoms with van der Waals surface area (Å²) in [6.07, 6.45) is 1.55. The van der Waals surface area contributed by atoms with Crippen LogP contribution in [0.15, 0.2) is 10.6 Å². The average molecular weight is 255 g/mol. The van der Waals surface area contributed by atoms with E-state index in [-0.39, 0.29) is 0 Å². The molecule has 0 aliphatic carbocycles. The van der Waals surface area contributed by atoms with Crippen molar-refractivity contribution in [1.29, 1.82) is 0 Å². The smallest absolute Gasteiger partial charge is 0.328 e. The molecule has 0 saturated carbocycles. The van der Waals surface area contributed by atoms with Gasteiger partial charge in [0, 0.05) is 0 Å². The Morgan fingerprint density at radius 3 is 2.56 bits per heavy atom. The second-order valence-corrected chi connectivity index (χ2v) is 4.56. The summed E-state index contributed by atoms with van der Waals surface area (Å²) in [5.74, 6) is -0.0991. The number of nitrogens with zero attached hydrogens (tertiary/aromatic N) is 1. The van der Waals surface area contributed by atoms with Crippen molar-refractivity contribution in [2.45, 2.75) is 39.3 Å². The van der Waals surface area contributed by atoms with Crippen LogP contribution in [-0.2, 0) is 4.79 Å². The van der Waals surface area contributed by atoms with Crippen LogP contribution < -0.4 is 10.6 Å². The van der Waals surface area contributed by atoms with E-state index in [0.717, 1.165) is 0 Å². The fourth-order valence-electron chi connectivity index (χ4n) is 1.20. The zero-order valence-electron chi connectivity index (χ0n) is 10.8. The van der Waals surface area contributed by atoms with Gasteiger partial charge in [-0.1, -0.05) is 0 Å². The fourth-order valence-corrected chi connectivity index (χ4v) is 1.20. The normalized spacial score (nSPS) is 12.9. The predicted octanol–water partition coefficient (Wildman–Crippen LogP) is 1.21. The van der Waals surface area contributed by atoms with Crippen LogP contribution in [0.3, 0.4) is 0 Å². The molecular weight excluding hydrogens is 238 g/mol. The van der Waals surface area contributed by atoms with Crippen LogP contribution in [0, 0.1) is 6.92 Å². The minimum absolute atomic E-state index is 0.371. The van der Waals surface area contributed by atoms with Gasteiger partial charge >= 0.3 is 12.0 Å². The van der Waals surface area contributed by atoms with Gasteiger partial charge in [-0.15, -0.1) is 0 Å². The van der Waals surface area contributed by atoms with Gasteiger partial charge < -0.3 is 20.2 Å². The van der Waals surface area contributed by atoms with Crippen LogP contribution in [0.4, 0.5) is 4.79 Å². The number of aryl methyl sites for hydroxylation is 1. The zero-order valence-corrected chi connectivity index (χ0v) is 10.8. The molecule has 0 aromatic carbocycles. The summed E-state index contributed by atoms with van der Waals surface area (Å²) in [5.41, 5.74) is -1.34. The number of rotatable bonds is 4. The SMILES string of the molecule is Cc1cnc(C(C)NC(=O)NC(C)(C)C(=O)O)o1. The van der Waals surface area contributed by atoms with Crippen LogP contribution in [0.25, 0.3) is 0 Å². The Kier molecular flexibility index (Phi) is 3.95. The average Bonchev–Trinajstić information content (AvgIpc) is 2.63. The van der Waals surface area contributed by atoms with E-state index < -0.39 is 23.6 Å². The monoisotopic (exact) mass is 255 g/mol. The summed E-state index contributed by atoms with van der Waals surface area (Å²) in [6.45, 7) is 6.24. The number of amides is 2. The Labute approximate surface area is 105 Å². The molecule has 0 bridgehead atoms. The van der Waals surface area contributed by atoms with Gasteiger partial charge in [0.2, 0.25) is 5.89 Å². The molecule has 1 atom stereocenters. The Hall–Kier alpha value is -2.05. The van der Waals surface area contributed by atoms with Crippen molar-refractivity contribution in [3.63, 3.8) is 0 Å². The van der Waals surface area contributed by atoms with Gasteiger partial charge in [-0.2, -0.15) is 0 Å². The van der Waals surface area contributed by atoms with Crippen molar-refractivity contribution in [3.05, 3.63) is 17.8 Å². The molecule has 1 rings (SSSR count). The molecule has 0 spiro atoms. The first kappa shape index (κ1) is 14.0. The first-order chi connectivity index (χ1) is 8.22. The largest absolute Gasteiger partial charge is 0.480 e. The van der Waals surface area contributed by atoms with Gasteiger partial charge in [0.25, 0.3) is 0 Å². The minimum atomic E-state index is -1.34. The van der Waals surface area contributed by atoms with Crippen LogP contribution >= 0.6 is 0 Å². The van der Waals surface area contributed by atoms with Crippen molar-refractivity contribution in [1.82, 2.24) is 15.6 Å². The molecule has 7 heteroatoms.